The van der Waals surface area contributed by atoms with Crippen molar-refractivity contribution in [1.82, 2.24) is 0 Å². The maximum absolute atomic E-state index is 10.1. The van der Waals surface area contributed by atoms with E-state index in [1.54, 1.807) is 0 Å². The van der Waals surface area contributed by atoms with E-state index in [0.29, 0.717) is 6.42 Å². The van der Waals surface area contributed by atoms with Gasteiger partial charge in [-0.1, -0.05) is 37.3 Å². The highest BCUT2D eigenvalue weighted by Gasteiger charge is 2.29. The van der Waals surface area contributed by atoms with Gasteiger partial charge in [-0.05, 0) is 24.3 Å². The fraction of sp³-hybridized carbons (Fsp3) is 0.600. The predicted molar refractivity (Wildman–Crippen MR) is 73.6 cm³/mol. The highest BCUT2D eigenvalue weighted by Crippen LogP contribution is 2.20. The van der Waals surface area contributed by atoms with E-state index in [2.05, 4.69) is 0 Å². The van der Waals surface area contributed by atoms with Gasteiger partial charge in [0.15, 0.2) is 0 Å². The van der Waals surface area contributed by atoms with Crippen molar-refractivity contribution in [1.29, 1.82) is 0 Å². The second-order valence-corrected chi connectivity index (χ2v) is 5.10. The third-order valence-electron chi connectivity index (χ3n) is 3.55. The van der Waals surface area contributed by atoms with E-state index in [-0.39, 0.29) is 25.6 Å². The molecular weight excluding hydrogens is 244 g/mol. The van der Waals surface area contributed by atoms with Gasteiger partial charge in [0.05, 0.1) is 12.2 Å². The molecule has 1 aromatic carbocycles. The highest BCUT2D eigenvalue weighted by molar-refractivity contribution is 5.15. The van der Waals surface area contributed by atoms with E-state index in [9.17, 15) is 10.2 Å². The van der Waals surface area contributed by atoms with Crippen LogP contribution >= 0.6 is 0 Å². The molecule has 0 fully saturated rings. The molecule has 0 saturated carbocycles. The second kappa shape index (κ2) is 8.27. The summed E-state index contributed by atoms with van der Waals surface area (Å²) in [5.74, 6) is -0.608. The molecule has 0 spiro atoms. The van der Waals surface area contributed by atoms with Crippen LogP contribution in [0.1, 0.15) is 18.9 Å². The summed E-state index contributed by atoms with van der Waals surface area (Å²) in [4.78, 5) is 0. The molecule has 0 aliphatic rings. The number of aliphatic hydroxyl groups is 4. The van der Waals surface area contributed by atoms with Gasteiger partial charge in [-0.25, -0.2) is 0 Å². The van der Waals surface area contributed by atoms with Gasteiger partial charge in [0.25, 0.3) is 0 Å². The van der Waals surface area contributed by atoms with Crippen LogP contribution < -0.4 is 0 Å². The minimum atomic E-state index is -1.02. The van der Waals surface area contributed by atoms with Gasteiger partial charge in [0.1, 0.15) is 0 Å². The molecule has 4 N–H and O–H groups in total. The summed E-state index contributed by atoms with van der Waals surface area (Å²) in [6.45, 7) is 1.52. The third-order valence-corrected chi connectivity index (χ3v) is 3.55. The minimum absolute atomic E-state index is 0.109. The summed E-state index contributed by atoms with van der Waals surface area (Å²) in [6, 6.07) is 9.77. The smallest absolute Gasteiger partial charge is 0.0852 e. The lowest BCUT2D eigenvalue weighted by molar-refractivity contribution is -0.0604. The molecule has 0 saturated heterocycles. The Kier molecular flexibility index (Phi) is 7.02. The van der Waals surface area contributed by atoms with E-state index in [1.165, 1.54) is 0 Å². The van der Waals surface area contributed by atoms with Crippen LogP contribution in [0.2, 0.25) is 0 Å². The molecule has 0 bridgehead atoms. The van der Waals surface area contributed by atoms with Crippen LogP contribution in [0.15, 0.2) is 30.3 Å². The van der Waals surface area contributed by atoms with Crippen LogP contribution in [0.3, 0.4) is 0 Å². The number of aliphatic hydroxyl groups excluding tert-OH is 4. The molecule has 4 nitrogen and oxygen atoms in total. The first kappa shape index (κ1) is 16.1. The first-order chi connectivity index (χ1) is 9.10. The largest absolute Gasteiger partial charge is 0.396 e. The molecule has 4 atom stereocenters. The lowest BCUT2D eigenvalue weighted by Gasteiger charge is -2.29. The van der Waals surface area contributed by atoms with Gasteiger partial charge < -0.3 is 20.4 Å². The summed E-state index contributed by atoms with van der Waals surface area (Å²) in [5.41, 5.74) is 1.10. The summed E-state index contributed by atoms with van der Waals surface area (Å²) < 4.78 is 0. The van der Waals surface area contributed by atoms with Crippen molar-refractivity contribution in [2.45, 2.75) is 32.0 Å². The van der Waals surface area contributed by atoms with Crippen LogP contribution in [0.25, 0.3) is 0 Å². The Morgan fingerprint density at radius 1 is 1.00 bits per heavy atom. The lowest BCUT2D eigenvalue weighted by atomic mass is 9.86. The van der Waals surface area contributed by atoms with Crippen LogP contribution in [0.5, 0.6) is 0 Å². The number of hydrogen-bond acceptors (Lipinski definition) is 4. The van der Waals surface area contributed by atoms with Gasteiger partial charge in [0.2, 0.25) is 0 Å². The number of rotatable bonds is 8. The molecule has 108 valence electrons. The Bertz CT molecular complexity index is 341. The van der Waals surface area contributed by atoms with Gasteiger partial charge in [0, 0.05) is 19.1 Å². The number of benzene rings is 1. The summed E-state index contributed by atoms with van der Waals surface area (Å²) >= 11 is 0. The van der Waals surface area contributed by atoms with Crippen LogP contribution in [0.4, 0.5) is 0 Å². The van der Waals surface area contributed by atoms with Gasteiger partial charge in [-0.2, -0.15) is 0 Å². The Hall–Kier alpha value is -0.940. The summed E-state index contributed by atoms with van der Waals surface area (Å²) in [7, 11) is 0. The zero-order chi connectivity index (χ0) is 14.3. The van der Waals surface area contributed by atoms with Gasteiger partial charge >= 0.3 is 0 Å². The summed E-state index contributed by atoms with van der Waals surface area (Å²) in [5, 5.41) is 38.2. The molecule has 2 unspecified atom stereocenters. The standard InChI is InChI=1S/C15H24O4/c1-11(9-12-5-3-2-4-6-12)14(18)15(19)13(10-17)7-8-16/h2-6,11,13-19H,7-10H2,1H3/t11?,13-,14?,15-/m0/s1. The Morgan fingerprint density at radius 2 is 1.63 bits per heavy atom. The molecule has 1 rings (SSSR count). The maximum atomic E-state index is 10.1. The zero-order valence-electron chi connectivity index (χ0n) is 11.3. The highest BCUT2D eigenvalue weighted by atomic mass is 16.3. The molecular formula is C15H24O4. The van der Waals surface area contributed by atoms with E-state index >= 15 is 0 Å². The normalized spacial score (nSPS) is 17.7. The Labute approximate surface area is 114 Å². The number of hydrogen-bond donors (Lipinski definition) is 4. The van der Waals surface area contributed by atoms with E-state index in [1.807, 2.05) is 37.3 Å². The first-order valence-corrected chi connectivity index (χ1v) is 6.72. The van der Waals surface area contributed by atoms with Crippen molar-refractivity contribution in [3.63, 3.8) is 0 Å². The quantitative estimate of drug-likeness (QED) is 0.556. The molecule has 0 amide bonds. The molecule has 19 heavy (non-hydrogen) atoms. The lowest BCUT2D eigenvalue weighted by Crippen LogP contribution is -2.40. The van der Waals surface area contributed by atoms with Crippen LogP contribution in [-0.2, 0) is 6.42 Å². The molecule has 0 radical (unpaired) electrons. The molecule has 4 heteroatoms. The molecule has 0 aliphatic carbocycles. The van der Waals surface area contributed by atoms with Crippen LogP contribution in [0, 0.1) is 11.8 Å². The zero-order valence-corrected chi connectivity index (χ0v) is 11.3. The SMILES string of the molecule is CC(Cc1ccccc1)C(O)[C@@H](O)[C@H](CO)CCO. The van der Waals surface area contributed by atoms with Crippen molar-refractivity contribution in [3.8, 4) is 0 Å². The monoisotopic (exact) mass is 268 g/mol. The Morgan fingerprint density at radius 3 is 2.16 bits per heavy atom. The van der Waals surface area contributed by atoms with Crippen molar-refractivity contribution in [3.05, 3.63) is 35.9 Å². The van der Waals surface area contributed by atoms with Crippen molar-refractivity contribution >= 4 is 0 Å². The van der Waals surface area contributed by atoms with E-state index < -0.39 is 18.1 Å². The van der Waals surface area contributed by atoms with Gasteiger partial charge in [-0.3, -0.25) is 0 Å². The first-order valence-electron chi connectivity index (χ1n) is 6.72. The van der Waals surface area contributed by atoms with Crippen molar-refractivity contribution in [2.75, 3.05) is 13.2 Å². The fourth-order valence-electron chi connectivity index (χ4n) is 2.26. The van der Waals surface area contributed by atoms with Gasteiger partial charge in [-0.15, -0.1) is 0 Å². The fourth-order valence-corrected chi connectivity index (χ4v) is 2.26. The third kappa shape index (κ3) is 4.91. The molecule has 1 aromatic rings. The minimum Gasteiger partial charge on any atom is -0.396 e. The average Bonchev–Trinajstić information content (AvgIpc) is 2.44. The van der Waals surface area contributed by atoms with Crippen LogP contribution in [-0.4, -0.2) is 45.8 Å². The molecule has 0 aliphatic heterocycles. The Balaban J connectivity index is 2.57. The molecule has 0 aromatic heterocycles. The second-order valence-electron chi connectivity index (χ2n) is 5.10. The van der Waals surface area contributed by atoms with E-state index in [0.717, 1.165) is 5.56 Å². The van der Waals surface area contributed by atoms with E-state index in [4.69, 9.17) is 10.2 Å². The summed E-state index contributed by atoms with van der Waals surface area (Å²) in [6.07, 6.45) is -0.983. The maximum Gasteiger partial charge on any atom is 0.0852 e. The van der Waals surface area contributed by atoms with Crippen molar-refractivity contribution in [2.24, 2.45) is 11.8 Å². The molecule has 0 heterocycles. The average molecular weight is 268 g/mol. The predicted octanol–water partition coefficient (Wildman–Crippen LogP) is 0.578. The topological polar surface area (TPSA) is 80.9 Å². The van der Waals surface area contributed by atoms with Crippen molar-refractivity contribution < 1.29 is 20.4 Å².